The minimum Gasteiger partial charge on any atom is -0.481 e. The molecule has 5 nitrogen and oxygen atoms in total. The van der Waals surface area contributed by atoms with Crippen molar-refractivity contribution in [2.75, 3.05) is 0 Å². The summed E-state index contributed by atoms with van der Waals surface area (Å²) in [4.78, 5) is 10.7. The Morgan fingerprint density at radius 2 is 1.71 bits per heavy atom. The minimum atomic E-state index is -3.86. The van der Waals surface area contributed by atoms with Gasteiger partial charge in [0.2, 0.25) is 9.84 Å². The van der Waals surface area contributed by atoms with Gasteiger partial charge >= 0.3 is 5.97 Å². The maximum atomic E-state index is 14.5. The van der Waals surface area contributed by atoms with Gasteiger partial charge in [-0.2, -0.15) is 0 Å². The second-order valence-corrected chi connectivity index (χ2v) is 8.26. The molecule has 0 aliphatic carbocycles. The second kappa shape index (κ2) is 8.00. The average molecular weight is 421 g/mol. The predicted molar refractivity (Wildman–Crippen MR) is 101 cm³/mol. The SMILES string of the molecule is O=C(O)Cc1cc(Cl)cc(Oc2ccc(S(=O)(=O)c3ccccc3)cc2F)c1. The Bertz CT molecular complexity index is 1130. The van der Waals surface area contributed by atoms with E-state index in [1.165, 1.54) is 42.5 Å². The minimum absolute atomic E-state index is 0.0521. The highest BCUT2D eigenvalue weighted by atomic mass is 35.5. The molecule has 0 saturated heterocycles. The lowest BCUT2D eigenvalue weighted by Crippen LogP contribution is -2.03. The first-order chi connectivity index (χ1) is 13.3. The number of rotatable bonds is 6. The number of sulfone groups is 1. The molecule has 0 aliphatic heterocycles. The van der Waals surface area contributed by atoms with Crippen LogP contribution >= 0.6 is 11.6 Å². The summed E-state index contributed by atoms with van der Waals surface area (Å²) in [5, 5.41) is 9.12. The molecule has 3 aromatic carbocycles. The molecule has 3 aromatic rings. The molecule has 0 amide bonds. The Morgan fingerprint density at radius 1 is 1.00 bits per heavy atom. The maximum absolute atomic E-state index is 14.5. The molecular formula is C20H14ClFO5S. The van der Waals surface area contributed by atoms with Crippen LogP contribution in [0.3, 0.4) is 0 Å². The first kappa shape index (κ1) is 19.9. The second-order valence-electron chi connectivity index (χ2n) is 5.88. The monoisotopic (exact) mass is 420 g/mol. The summed E-state index contributed by atoms with van der Waals surface area (Å²) in [5.74, 6) is -2.00. The number of carbonyl (C=O) groups is 1. The summed E-state index contributed by atoms with van der Waals surface area (Å²) in [6.45, 7) is 0. The molecule has 28 heavy (non-hydrogen) atoms. The molecule has 144 valence electrons. The lowest BCUT2D eigenvalue weighted by Gasteiger charge is -2.10. The van der Waals surface area contributed by atoms with E-state index in [0.717, 1.165) is 6.07 Å². The van der Waals surface area contributed by atoms with E-state index in [9.17, 15) is 17.6 Å². The third-order valence-corrected chi connectivity index (χ3v) is 5.77. The van der Waals surface area contributed by atoms with Crippen LogP contribution in [-0.4, -0.2) is 19.5 Å². The number of benzene rings is 3. The number of aliphatic carboxylic acids is 1. The molecular weight excluding hydrogens is 407 g/mol. The molecule has 0 atom stereocenters. The summed E-state index contributed by atoms with van der Waals surface area (Å²) < 4.78 is 45.0. The molecule has 0 aliphatic rings. The molecule has 0 heterocycles. The zero-order valence-electron chi connectivity index (χ0n) is 14.3. The Morgan fingerprint density at radius 3 is 2.36 bits per heavy atom. The average Bonchev–Trinajstić information content (AvgIpc) is 2.63. The van der Waals surface area contributed by atoms with Crippen molar-refractivity contribution in [2.45, 2.75) is 16.2 Å². The highest BCUT2D eigenvalue weighted by Crippen LogP contribution is 2.31. The van der Waals surface area contributed by atoms with E-state index in [1.54, 1.807) is 18.2 Å². The van der Waals surface area contributed by atoms with E-state index in [2.05, 4.69) is 0 Å². The fourth-order valence-corrected chi connectivity index (χ4v) is 4.09. The molecule has 0 radical (unpaired) electrons. The normalized spacial score (nSPS) is 11.2. The zero-order chi connectivity index (χ0) is 20.3. The van der Waals surface area contributed by atoms with Gasteiger partial charge in [-0.3, -0.25) is 4.79 Å². The van der Waals surface area contributed by atoms with Gasteiger partial charge in [-0.05, 0) is 54.1 Å². The molecule has 8 heteroatoms. The van der Waals surface area contributed by atoms with Crippen LogP contribution in [-0.2, 0) is 21.1 Å². The van der Waals surface area contributed by atoms with Crippen molar-refractivity contribution < 1.29 is 27.4 Å². The van der Waals surface area contributed by atoms with Crippen molar-refractivity contribution in [1.82, 2.24) is 0 Å². The first-order valence-corrected chi connectivity index (χ1v) is 9.90. The Kier molecular flexibility index (Phi) is 5.67. The lowest BCUT2D eigenvalue weighted by atomic mass is 10.1. The molecule has 0 aromatic heterocycles. The molecule has 3 rings (SSSR count). The van der Waals surface area contributed by atoms with Gasteiger partial charge in [0.15, 0.2) is 11.6 Å². The highest BCUT2D eigenvalue weighted by Gasteiger charge is 2.19. The summed E-state index contributed by atoms with van der Waals surface area (Å²) in [6, 6.07) is 15.3. The van der Waals surface area contributed by atoms with Crippen LogP contribution < -0.4 is 4.74 Å². The van der Waals surface area contributed by atoms with Crippen LogP contribution in [0.4, 0.5) is 4.39 Å². The summed E-state index contributed by atoms with van der Waals surface area (Å²) in [5.41, 5.74) is 0.388. The smallest absolute Gasteiger partial charge is 0.307 e. The van der Waals surface area contributed by atoms with E-state index >= 15 is 0 Å². The van der Waals surface area contributed by atoms with Crippen molar-refractivity contribution in [2.24, 2.45) is 0 Å². The van der Waals surface area contributed by atoms with Crippen LogP contribution in [0, 0.1) is 5.82 Å². The predicted octanol–water partition coefficient (Wildman–Crippen LogP) is 4.73. The van der Waals surface area contributed by atoms with E-state index in [0.29, 0.717) is 5.56 Å². The van der Waals surface area contributed by atoms with E-state index in [1.807, 2.05) is 0 Å². The van der Waals surface area contributed by atoms with Crippen molar-refractivity contribution in [1.29, 1.82) is 0 Å². The molecule has 1 N–H and O–H groups in total. The number of ether oxygens (including phenoxy) is 1. The molecule has 0 fully saturated rings. The van der Waals surface area contributed by atoms with E-state index in [4.69, 9.17) is 21.4 Å². The lowest BCUT2D eigenvalue weighted by molar-refractivity contribution is -0.136. The van der Waals surface area contributed by atoms with Crippen molar-refractivity contribution >= 4 is 27.4 Å². The van der Waals surface area contributed by atoms with Crippen molar-refractivity contribution in [3.63, 3.8) is 0 Å². The Balaban J connectivity index is 1.90. The maximum Gasteiger partial charge on any atom is 0.307 e. The van der Waals surface area contributed by atoms with Crippen LogP contribution in [0.5, 0.6) is 11.5 Å². The van der Waals surface area contributed by atoms with Gasteiger partial charge in [0.1, 0.15) is 5.75 Å². The van der Waals surface area contributed by atoms with Gasteiger partial charge in [-0.15, -0.1) is 0 Å². The van der Waals surface area contributed by atoms with Crippen molar-refractivity contribution in [3.8, 4) is 11.5 Å². The fourth-order valence-electron chi connectivity index (χ4n) is 2.55. The largest absolute Gasteiger partial charge is 0.481 e. The molecule has 0 spiro atoms. The summed E-state index contributed by atoms with van der Waals surface area (Å²) in [6.07, 6.45) is -0.270. The number of hydrogen-bond acceptors (Lipinski definition) is 4. The molecule has 0 bridgehead atoms. The fraction of sp³-hybridized carbons (Fsp3) is 0.0500. The zero-order valence-corrected chi connectivity index (χ0v) is 15.9. The first-order valence-electron chi connectivity index (χ1n) is 8.04. The number of hydrogen-bond donors (Lipinski definition) is 1. The van der Waals surface area contributed by atoms with Gasteiger partial charge < -0.3 is 9.84 Å². The summed E-state index contributed by atoms with van der Waals surface area (Å²) in [7, 11) is -3.86. The van der Waals surface area contributed by atoms with Crippen LogP contribution in [0.2, 0.25) is 5.02 Å². The van der Waals surface area contributed by atoms with Crippen LogP contribution in [0.1, 0.15) is 5.56 Å². The van der Waals surface area contributed by atoms with E-state index < -0.39 is 21.6 Å². The van der Waals surface area contributed by atoms with Gasteiger partial charge in [0.25, 0.3) is 0 Å². The van der Waals surface area contributed by atoms with Gasteiger partial charge in [0.05, 0.1) is 16.2 Å². The number of carboxylic acid groups (broad SMARTS) is 1. The topological polar surface area (TPSA) is 80.7 Å². The van der Waals surface area contributed by atoms with Crippen LogP contribution in [0.15, 0.2) is 76.5 Å². The number of halogens is 2. The Hall–Kier alpha value is -2.90. The molecule has 0 saturated carbocycles. The molecule has 0 unspecified atom stereocenters. The Labute approximate surface area is 165 Å². The summed E-state index contributed by atoms with van der Waals surface area (Å²) >= 11 is 5.95. The highest BCUT2D eigenvalue weighted by molar-refractivity contribution is 7.91. The van der Waals surface area contributed by atoms with Gasteiger partial charge in [0, 0.05) is 5.02 Å². The van der Waals surface area contributed by atoms with Crippen LogP contribution in [0.25, 0.3) is 0 Å². The number of carboxylic acids is 1. The third kappa shape index (κ3) is 4.49. The van der Waals surface area contributed by atoms with Crippen molar-refractivity contribution in [3.05, 3.63) is 83.1 Å². The standard InChI is InChI=1S/C20H14ClFO5S/c21-14-8-13(10-20(23)24)9-15(11-14)27-19-7-6-17(12-18(19)22)28(25,26)16-4-2-1-3-5-16/h1-9,11-12H,10H2,(H,23,24). The third-order valence-electron chi connectivity index (χ3n) is 3.78. The quantitative estimate of drug-likeness (QED) is 0.623. The van der Waals surface area contributed by atoms with Gasteiger partial charge in [-0.1, -0.05) is 29.8 Å². The van der Waals surface area contributed by atoms with Gasteiger partial charge in [-0.25, -0.2) is 12.8 Å². The van der Waals surface area contributed by atoms with E-state index in [-0.39, 0.29) is 32.7 Å².